The molecule has 0 saturated carbocycles. The van der Waals surface area contributed by atoms with E-state index in [9.17, 15) is 0 Å². The van der Waals surface area contributed by atoms with Crippen LogP contribution in [0.4, 0.5) is 0 Å². The van der Waals surface area contributed by atoms with Crippen LogP contribution in [0.1, 0.15) is 31.9 Å². The van der Waals surface area contributed by atoms with Crippen molar-refractivity contribution in [3.63, 3.8) is 0 Å². The molecule has 0 heterocycles. The van der Waals surface area contributed by atoms with Crippen LogP contribution < -0.4 is 10.6 Å². The third-order valence-corrected chi connectivity index (χ3v) is 3.41. The van der Waals surface area contributed by atoms with Gasteiger partial charge >= 0.3 is 0 Å². The van der Waals surface area contributed by atoms with Crippen molar-refractivity contribution in [2.75, 3.05) is 27.3 Å². The molecule has 0 atom stereocenters. The normalized spacial score (nSPS) is 11.8. The van der Waals surface area contributed by atoms with Gasteiger partial charge in [0.25, 0.3) is 0 Å². The summed E-state index contributed by atoms with van der Waals surface area (Å²) in [6.07, 6.45) is 0. The van der Waals surface area contributed by atoms with Gasteiger partial charge in [0.1, 0.15) is 0 Å². The molecule has 0 aliphatic rings. The quantitative estimate of drug-likeness (QED) is 0.375. The van der Waals surface area contributed by atoms with Gasteiger partial charge in [0.2, 0.25) is 0 Å². The minimum atomic E-state index is -0.224. The Balaban J connectivity index is 0.00000484. The molecule has 0 aliphatic carbocycles. The molecule has 0 unspecified atom stereocenters. The maximum absolute atomic E-state index is 5.39. The number of hydrogen-bond acceptors (Lipinski definition) is 3. The fourth-order valence-corrected chi connectivity index (χ4v) is 1.75. The largest absolute Gasteiger partial charge is 0.377 e. The van der Waals surface area contributed by atoms with Crippen molar-refractivity contribution in [3.8, 4) is 0 Å². The van der Waals surface area contributed by atoms with Crippen LogP contribution >= 0.6 is 24.0 Å². The highest BCUT2D eigenvalue weighted by atomic mass is 127. The van der Waals surface area contributed by atoms with E-state index in [4.69, 9.17) is 9.47 Å². The molecule has 6 heteroatoms. The van der Waals surface area contributed by atoms with Crippen molar-refractivity contribution in [2.45, 2.75) is 39.5 Å². The fourth-order valence-electron chi connectivity index (χ4n) is 1.75. The molecule has 0 amide bonds. The second-order valence-electron chi connectivity index (χ2n) is 5.70. The number of nitrogens with one attached hydrogen (secondary N) is 2. The van der Waals surface area contributed by atoms with Crippen LogP contribution in [0.15, 0.2) is 29.3 Å². The molecule has 5 nitrogen and oxygen atoms in total. The van der Waals surface area contributed by atoms with E-state index in [1.807, 2.05) is 20.8 Å². The first-order valence-electron chi connectivity index (χ1n) is 7.66. The molecule has 0 fully saturated rings. The smallest absolute Gasteiger partial charge is 0.191 e. The number of guanidine groups is 1. The number of methoxy groups -OCH3 is 1. The van der Waals surface area contributed by atoms with Crippen molar-refractivity contribution < 1.29 is 9.47 Å². The lowest BCUT2D eigenvalue weighted by Gasteiger charge is -2.24. The lowest BCUT2D eigenvalue weighted by molar-refractivity contribution is 0.0268. The van der Waals surface area contributed by atoms with Crippen LogP contribution in [0, 0.1) is 0 Å². The molecule has 1 aromatic carbocycles. The average Bonchev–Trinajstić information content (AvgIpc) is 2.54. The number of aliphatic imine (C=N–C) groups is 1. The van der Waals surface area contributed by atoms with Gasteiger partial charge in [0.15, 0.2) is 5.96 Å². The number of halogens is 1. The van der Waals surface area contributed by atoms with Gasteiger partial charge < -0.3 is 20.1 Å². The topological polar surface area (TPSA) is 54.9 Å². The summed E-state index contributed by atoms with van der Waals surface area (Å²) in [7, 11) is 3.47. The molecular formula is C17H30IN3O2. The Morgan fingerprint density at radius 1 is 1.13 bits per heavy atom. The number of ether oxygens (including phenoxy) is 2. The second kappa shape index (κ2) is 11.6. The predicted octanol–water partition coefficient (Wildman–Crippen LogP) is 2.93. The van der Waals surface area contributed by atoms with Gasteiger partial charge in [0, 0.05) is 33.9 Å². The Hall–Kier alpha value is -0.860. The Morgan fingerprint density at radius 3 is 2.26 bits per heavy atom. The molecule has 1 rings (SSSR count). The minimum absolute atomic E-state index is 0. The number of nitrogens with zero attached hydrogens (tertiary/aromatic N) is 1. The summed E-state index contributed by atoms with van der Waals surface area (Å²) in [6.45, 7) is 8.89. The molecule has 0 saturated heterocycles. The predicted molar refractivity (Wildman–Crippen MR) is 106 cm³/mol. The highest BCUT2D eigenvalue weighted by Gasteiger charge is 2.16. The zero-order chi connectivity index (χ0) is 16.4. The standard InChI is InChI=1S/C17H29N3O2.HI/c1-6-22-12-15-9-7-14(8-10-15)11-19-16(18-4)20-13-17(2,3)21-5;/h7-10H,6,11-13H2,1-5H3,(H2,18,19,20);1H. The Labute approximate surface area is 157 Å². The van der Waals surface area contributed by atoms with Crippen molar-refractivity contribution >= 4 is 29.9 Å². The lowest BCUT2D eigenvalue weighted by Crippen LogP contribution is -2.45. The number of benzene rings is 1. The van der Waals surface area contributed by atoms with Gasteiger partial charge in [-0.05, 0) is 31.9 Å². The zero-order valence-electron chi connectivity index (χ0n) is 14.8. The van der Waals surface area contributed by atoms with Crippen molar-refractivity contribution in [1.29, 1.82) is 0 Å². The van der Waals surface area contributed by atoms with Gasteiger partial charge in [-0.3, -0.25) is 4.99 Å². The van der Waals surface area contributed by atoms with Crippen LogP contribution in [0.2, 0.25) is 0 Å². The van der Waals surface area contributed by atoms with E-state index in [0.717, 1.165) is 19.1 Å². The molecule has 23 heavy (non-hydrogen) atoms. The molecule has 132 valence electrons. The Bertz CT molecular complexity index is 461. The van der Waals surface area contributed by atoms with Gasteiger partial charge in [0.05, 0.1) is 12.2 Å². The molecular weight excluding hydrogens is 405 g/mol. The van der Waals surface area contributed by atoms with Gasteiger partial charge in [-0.1, -0.05) is 24.3 Å². The molecule has 2 N–H and O–H groups in total. The Morgan fingerprint density at radius 2 is 1.74 bits per heavy atom. The molecule has 0 bridgehead atoms. The summed E-state index contributed by atoms with van der Waals surface area (Å²) in [4.78, 5) is 4.22. The van der Waals surface area contributed by atoms with Crippen molar-refractivity contribution in [2.24, 2.45) is 4.99 Å². The number of hydrogen-bond donors (Lipinski definition) is 2. The van der Waals surface area contributed by atoms with E-state index in [1.54, 1.807) is 14.2 Å². The summed E-state index contributed by atoms with van der Waals surface area (Å²) in [5, 5.41) is 6.56. The molecule has 0 spiro atoms. The first kappa shape index (κ1) is 22.1. The van der Waals surface area contributed by atoms with Crippen LogP contribution in [-0.4, -0.2) is 38.9 Å². The third-order valence-electron chi connectivity index (χ3n) is 3.41. The van der Waals surface area contributed by atoms with Gasteiger partial charge in [-0.25, -0.2) is 0 Å². The van der Waals surface area contributed by atoms with E-state index < -0.39 is 0 Å². The average molecular weight is 435 g/mol. The zero-order valence-corrected chi connectivity index (χ0v) is 17.1. The maximum atomic E-state index is 5.39. The first-order chi connectivity index (χ1) is 10.5. The lowest BCUT2D eigenvalue weighted by atomic mass is 10.1. The summed E-state index contributed by atoms with van der Waals surface area (Å²) >= 11 is 0. The highest BCUT2D eigenvalue weighted by molar-refractivity contribution is 14.0. The molecule has 0 radical (unpaired) electrons. The van der Waals surface area contributed by atoms with Crippen LogP contribution in [0.3, 0.4) is 0 Å². The molecule has 0 aliphatic heterocycles. The monoisotopic (exact) mass is 435 g/mol. The van der Waals surface area contributed by atoms with E-state index in [-0.39, 0.29) is 29.6 Å². The molecule has 1 aromatic rings. The van der Waals surface area contributed by atoms with E-state index in [0.29, 0.717) is 13.2 Å². The summed E-state index contributed by atoms with van der Waals surface area (Å²) in [5.41, 5.74) is 2.17. The van der Waals surface area contributed by atoms with Gasteiger partial charge in [-0.15, -0.1) is 24.0 Å². The van der Waals surface area contributed by atoms with Crippen LogP contribution in [0.25, 0.3) is 0 Å². The van der Waals surface area contributed by atoms with Crippen molar-refractivity contribution in [3.05, 3.63) is 35.4 Å². The minimum Gasteiger partial charge on any atom is -0.377 e. The maximum Gasteiger partial charge on any atom is 0.191 e. The summed E-state index contributed by atoms with van der Waals surface area (Å²) < 4.78 is 10.8. The third kappa shape index (κ3) is 9.12. The number of rotatable bonds is 8. The van der Waals surface area contributed by atoms with Crippen molar-refractivity contribution in [1.82, 2.24) is 10.6 Å². The van der Waals surface area contributed by atoms with Gasteiger partial charge in [-0.2, -0.15) is 0 Å². The molecule has 0 aromatic heterocycles. The Kier molecular flexibility index (Phi) is 11.2. The first-order valence-corrected chi connectivity index (χ1v) is 7.66. The fraction of sp³-hybridized carbons (Fsp3) is 0.588. The van der Waals surface area contributed by atoms with E-state index in [1.165, 1.54) is 11.1 Å². The highest BCUT2D eigenvalue weighted by Crippen LogP contribution is 2.06. The SMILES string of the molecule is CCOCc1ccc(CNC(=NC)NCC(C)(C)OC)cc1.I. The second-order valence-corrected chi connectivity index (χ2v) is 5.70. The van der Waals surface area contributed by atoms with E-state index >= 15 is 0 Å². The van der Waals surface area contributed by atoms with E-state index in [2.05, 4.69) is 39.9 Å². The van der Waals surface area contributed by atoms with Crippen LogP contribution in [0.5, 0.6) is 0 Å². The summed E-state index contributed by atoms with van der Waals surface area (Å²) in [6, 6.07) is 8.40. The van der Waals surface area contributed by atoms with Crippen LogP contribution in [-0.2, 0) is 22.6 Å². The summed E-state index contributed by atoms with van der Waals surface area (Å²) in [5.74, 6) is 0.767.